The molecular formula is C10H18O5. The Morgan fingerprint density at radius 3 is 2.60 bits per heavy atom. The van der Waals surface area contributed by atoms with E-state index in [2.05, 4.69) is 0 Å². The minimum atomic E-state index is -1.12. The van der Waals surface area contributed by atoms with Gasteiger partial charge in [-0.15, -0.1) is 0 Å². The van der Waals surface area contributed by atoms with Crippen LogP contribution in [0.1, 0.15) is 27.2 Å². The highest BCUT2D eigenvalue weighted by Gasteiger charge is 2.46. The van der Waals surface area contributed by atoms with Crippen molar-refractivity contribution in [2.75, 3.05) is 7.11 Å². The van der Waals surface area contributed by atoms with Crippen LogP contribution in [0.5, 0.6) is 0 Å². The van der Waals surface area contributed by atoms with Crippen molar-refractivity contribution in [3.8, 4) is 0 Å². The molecule has 1 saturated heterocycles. The first-order chi connectivity index (χ1) is 6.86. The van der Waals surface area contributed by atoms with Crippen LogP contribution in [0.15, 0.2) is 0 Å². The second-order valence-corrected chi connectivity index (χ2v) is 4.10. The first-order valence-corrected chi connectivity index (χ1v) is 4.94. The largest absolute Gasteiger partial charge is 0.457 e. The van der Waals surface area contributed by atoms with Crippen LogP contribution in [0.25, 0.3) is 0 Å². The Bertz CT molecular complexity index is 238. The third-order valence-corrected chi connectivity index (χ3v) is 2.54. The van der Waals surface area contributed by atoms with Gasteiger partial charge in [-0.1, -0.05) is 0 Å². The fraction of sp³-hybridized carbons (Fsp3) is 0.900. The average molecular weight is 218 g/mol. The summed E-state index contributed by atoms with van der Waals surface area (Å²) in [5.41, 5.74) is -1.12. The van der Waals surface area contributed by atoms with Crippen LogP contribution < -0.4 is 0 Å². The molecule has 1 heterocycles. The number of hydrogen-bond acceptors (Lipinski definition) is 5. The molecule has 1 N–H and O–H groups in total. The molecule has 0 radical (unpaired) electrons. The quantitative estimate of drug-likeness (QED) is 0.682. The lowest BCUT2D eigenvalue weighted by Crippen LogP contribution is -2.56. The maximum absolute atomic E-state index is 10.9. The van der Waals surface area contributed by atoms with Crippen LogP contribution in [0.2, 0.25) is 0 Å². The summed E-state index contributed by atoms with van der Waals surface area (Å²) in [6.07, 6.45) is -1.21. The third-order valence-electron chi connectivity index (χ3n) is 2.54. The molecule has 0 aromatic carbocycles. The summed E-state index contributed by atoms with van der Waals surface area (Å²) in [6, 6.07) is 0. The molecule has 4 unspecified atom stereocenters. The van der Waals surface area contributed by atoms with Crippen LogP contribution in [-0.4, -0.2) is 42.3 Å². The van der Waals surface area contributed by atoms with Crippen molar-refractivity contribution >= 4 is 5.97 Å². The number of aliphatic hydroxyl groups is 1. The monoisotopic (exact) mass is 218 g/mol. The van der Waals surface area contributed by atoms with Crippen molar-refractivity contribution in [3.63, 3.8) is 0 Å². The maximum Gasteiger partial charge on any atom is 0.303 e. The zero-order chi connectivity index (χ0) is 11.6. The lowest BCUT2D eigenvalue weighted by molar-refractivity contribution is -0.270. The Morgan fingerprint density at radius 2 is 2.20 bits per heavy atom. The predicted molar refractivity (Wildman–Crippen MR) is 52.1 cm³/mol. The Balaban J connectivity index is 2.74. The molecule has 1 fully saturated rings. The molecule has 0 aliphatic carbocycles. The van der Waals surface area contributed by atoms with E-state index in [0.29, 0.717) is 0 Å². The molecule has 1 aliphatic rings. The lowest BCUT2D eigenvalue weighted by atomic mass is 9.88. The molecule has 1 aliphatic heterocycles. The smallest absolute Gasteiger partial charge is 0.303 e. The standard InChI is InChI=1S/C10H18O5/c1-6-9(15-7(2)11)10(3,12)5-8(13-4)14-6/h6,8-9,12H,5H2,1-4H3. The van der Waals surface area contributed by atoms with Gasteiger partial charge in [0, 0.05) is 20.5 Å². The van der Waals surface area contributed by atoms with Gasteiger partial charge in [0.2, 0.25) is 0 Å². The highest BCUT2D eigenvalue weighted by atomic mass is 16.7. The van der Waals surface area contributed by atoms with Crippen molar-refractivity contribution in [2.45, 2.75) is 51.3 Å². The summed E-state index contributed by atoms with van der Waals surface area (Å²) in [6.45, 7) is 4.67. The van der Waals surface area contributed by atoms with E-state index in [1.165, 1.54) is 14.0 Å². The fourth-order valence-electron chi connectivity index (χ4n) is 1.86. The van der Waals surface area contributed by atoms with Crippen LogP contribution in [-0.2, 0) is 19.0 Å². The normalized spacial score (nSPS) is 41.3. The SMILES string of the molecule is COC1CC(C)(O)C(OC(C)=O)C(C)O1. The van der Waals surface area contributed by atoms with Gasteiger partial charge in [-0.25, -0.2) is 0 Å². The number of rotatable bonds is 2. The Hall–Kier alpha value is -0.650. The molecule has 1 rings (SSSR count). The molecule has 0 amide bonds. The van der Waals surface area contributed by atoms with Gasteiger partial charge in [0.25, 0.3) is 0 Å². The summed E-state index contributed by atoms with van der Waals surface area (Å²) in [5.74, 6) is -0.424. The molecule has 0 aromatic rings. The van der Waals surface area contributed by atoms with Gasteiger partial charge in [-0.2, -0.15) is 0 Å². The summed E-state index contributed by atoms with van der Waals surface area (Å²) < 4.78 is 15.5. The van der Waals surface area contributed by atoms with Crippen molar-refractivity contribution in [3.05, 3.63) is 0 Å². The molecule has 5 nitrogen and oxygen atoms in total. The van der Waals surface area contributed by atoms with E-state index >= 15 is 0 Å². The fourth-order valence-corrected chi connectivity index (χ4v) is 1.86. The first-order valence-electron chi connectivity index (χ1n) is 4.94. The van der Waals surface area contributed by atoms with E-state index in [-0.39, 0.29) is 12.5 Å². The Morgan fingerprint density at radius 1 is 1.60 bits per heavy atom. The molecule has 4 atom stereocenters. The summed E-state index contributed by atoms with van der Waals surface area (Å²) in [4.78, 5) is 10.9. The first kappa shape index (κ1) is 12.4. The van der Waals surface area contributed by atoms with Gasteiger partial charge in [0.1, 0.15) is 5.60 Å². The third kappa shape index (κ3) is 2.90. The van der Waals surface area contributed by atoms with Crippen LogP contribution in [0, 0.1) is 0 Å². The topological polar surface area (TPSA) is 65.0 Å². The predicted octanol–water partition coefficient (Wildman–Crippen LogP) is 0.450. The molecule has 0 aromatic heterocycles. The van der Waals surface area contributed by atoms with Crippen LogP contribution in [0.4, 0.5) is 0 Å². The molecule has 88 valence electrons. The van der Waals surface area contributed by atoms with Gasteiger partial charge in [0.05, 0.1) is 6.10 Å². The lowest BCUT2D eigenvalue weighted by Gasteiger charge is -2.43. The molecule has 5 heteroatoms. The average Bonchev–Trinajstić information content (AvgIpc) is 2.10. The summed E-state index contributed by atoms with van der Waals surface area (Å²) in [7, 11) is 1.51. The van der Waals surface area contributed by atoms with E-state index in [9.17, 15) is 9.90 Å². The molecule has 0 bridgehead atoms. The second-order valence-electron chi connectivity index (χ2n) is 4.10. The number of esters is 1. The van der Waals surface area contributed by atoms with Crippen molar-refractivity contribution in [1.82, 2.24) is 0 Å². The van der Waals surface area contributed by atoms with Gasteiger partial charge in [-0.05, 0) is 13.8 Å². The number of carbonyl (C=O) groups is 1. The van der Waals surface area contributed by atoms with E-state index in [1.807, 2.05) is 0 Å². The zero-order valence-corrected chi connectivity index (χ0v) is 9.52. The van der Waals surface area contributed by atoms with Crippen LogP contribution in [0.3, 0.4) is 0 Å². The molecular weight excluding hydrogens is 200 g/mol. The molecule has 15 heavy (non-hydrogen) atoms. The van der Waals surface area contributed by atoms with E-state index in [1.54, 1.807) is 13.8 Å². The molecule has 0 saturated carbocycles. The highest BCUT2D eigenvalue weighted by molar-refractivity contribution is 5.66. The Kier molecular flexibility index (Phi) is 3.70. The number of ether oxygens (including phenoxy) is 3. The van der Waals surface area contributed by atoms with Crippen molar-refractivity contribution in [2.24, 2.45) is 0 Å². The van der Waals surface area contributed by atoms with Crippen LogP contribution >= 0.6 is 0 Å². The minimum Gasteiger partial charge on any atom is -0.457 e. The van der Waals surface area contributed by atoms with E-state index in [4.69, 9.17) is 14.2 Å². The number of carbonyl (C=O) groups excluding carboxylic acids is 1. The van der Waals surface area contributed by atoms with E-state index < -0.39 is 24.0 Å². The van der Waals surface area contributed by atoms with Gasteiger partial charge >= 0.3 is 5.97 Å². The van der Waals surface area contributed by atoms with Gasteiger partial charge in [-0.3, -0.25) is 4.79 Å². The minimum absolute atomic E-state index is 0.284. The van der Waals surface area contributed by atoms with Gasteiger partial charge < -0.3 is 19.3 Å². The second kappa shape index (κ2) is 4.47. The van der Waals surface area contributed by atoms with Crippen molar-refractivity contribution in [1.29, 1.82) is 0 Å². The van der Waals surface area contributed by atoms with Gasteiger partial charge in [0.15, 0.2) is 12.4 Å². The number of hydrogen-bond donors (Lipinski definition) is 1. The number of methoxy groups -OCH3 is 1. The molecule has 0 spiro atoms. The zero-order valence-electron chi connectivity index (χ0n) is 9.52. The highest BCUT2D eigenvalue weighted by Crippen LogP contribution is 2.31. The summed E-state index contributed by atoms with van der Waals surface area (Å²) in [5, 5.41) is 10.1. The summed E-state index contributed by atoms with van der Waals surface area (Å²) >= 11 is 0. The maximum atomic E-state index is 10.9. The van der Waals surface area contributed by atoms with Crippen molar-refractivity contribution < 1.29 is 24.1 Å². The Labute approximate surface area is 89.3 Å². The van der Waals surface area contributed by atoms with E-state index in [0.717, 1.165) is 0 Å².